The van der Waals surface area contributed by atoms with E-state index in [0.29, 0.717) is 12.5 Å². The third-order valence-electron chi connectivity index (χ3n) is 3.36. The van der Waals surface area contributed by atoms with Gasteiger partial charge in [-0.05, 0) is 37.1 Å². The second-order valence-electron chi connectivity index (χ2n) is 5.17. The maximum atomic E-state index is 5.37. The number of benzene rings is 1. The van der Waals surface area contributed by atoms with Crippen molar-refractivity contribution in [1.29, 1.82) is 0 Å². The van der Waals surface area contributed by atoms with E-state index in [1.54, 1.807) is 0 Å². The number of aromatic nitrogens is 2. The summed E-state index contributed by atoms with van der Waals surface area (Å²) in [5, 5.41) is 7.58. The van der Waals surface area contributed by atoms with Crippen LogP contribution >= 0.6 is 15.9 Å². The smallest absolute Gasteiger partial charge is 0.228 e. The molecule has 1 unspecified atom stereocenters. The molecule has 2 aromatic rings. The average Bonchev–Trinajstić information content (AvgIpc) is 2.90. The minimum absolute atomic E-state index is 0.407. The molecule has 1 heterocycles. The van der Waals surface area contributed by atoms with Crippen molar-refractivity contribution in [1.82, 2.24) is 15.5 Å². The zero-order valence-corrected chi connectivity index (χ0v) is 14.2. The molecule has 1 N–H and O–H groups in total. The van der Waals surface area contributed by atoms with E-state index in [9.17, 15) is 0 Å². The Morgan fingerprint density at radius 2 is 2.19 bits per heavy atom. The van der Waals surface area contributed by atoms with E-state index in [0.717, 1.165) is 42.0 Å². The first-order valence-electron chi connectivity index (χ1n) is 7.50. The highest BCUT2D eigenvalue weighted by Gasteiger charge is 2.13. The van der Waals surface area contributed by atoms with E-state index in [4.69, 9.17) is 4.52 Å². The van der Waals surface area contributed by atoms with Gasteiger partial charge in [0.1, 0.15) is 0 Å². The van der Waals surface area contributed by atoms with Crippen molar-refractivity contribution in [3.05, 3.63) is 46.0 Å². The molecule has 0 radical (unpaired) electrons. The van der Waals surface area contributed by atoms with Crippen LogP contribution in [0.25, 0.3) is 0 Å². The van der Waals surface area contributed by atoms with Gasteiger partial charge in [0, 0.05) is 23.4 Å². The molecular formula is C16H22BrN3O. The largest absolute Gasteiger partial charge is 0.339 e. The third-order valence-corrected chi connectivity index (χ3v) is 3.85. The van der Waals surface area contributed by atoms with Gasteiger partial charge in [-0.1, -0.05) is 47.1 Å². The van der Waals surface area contributed by atoms with Gasteiger partial charge in [0.15, 0.2) is 5.82 Å². The molecule has 4 nitrogen and oxygen atoms in total. The molecule has 0 aliphatic carbocycles. The maximum Gasteiger partial charge on any atom is 0.228 e. The number of rotatable bonds is 8. The Morgan fingerprint density at radius 3 is 2.90 bits per heavy atom. The fourth-order valence-electron chi connectivity index (χ4n) is 2.19. The standard InChI is InChI=1S/C16H22BrN3O/c1-3-8-18-14(4-2)11-16-19-15(20-21-16)10-12-6-5-7-13(17)9-12/h5-7,9,14,18H,3-4,8,10-11H2,1-2H3. The lowest BCUT2D eigenvalue weighted by Crippen LogP contribution is -2.31. The Hall–Kier alpha value is -1.20. The maximum absolute atomic E-state index is 5.37. The second-order valence-corrected chi connectivity index (χ2v) is 6.09. The first-order chi connectivity index (χ1) is 10.2. The zero-order chi connectivity index (χ0) is 15.1. The lowest BCUT2D eigenvalue weighted by molar-refractivity contribution is 0.350. The van der Waals surface area contributed by atoms with E-state index in [2.05, 4.69) is 57.4 Å². The molecule has 0 fully saturated rings. The minimum atomic E-state index is 0.407. The van der Waals surface area contributed by atoms with Crippen LogP contribution in [0, 0.1) is 0 Å². The Labute approximate surface area is 134 Å². The normalized spacial score (nSPS) is 12.5. The quantitative estimate of drug-likeness (QED) is 0.786. The molecule has 0 amide bonds. The predicted molar refractivity (Wildman–Crippen MR) is 87.3 cm³/mol. The van der Waals surface area contributed by atoms with Crippen molar-refractivity contribution < 1.29 is 4.52 Å². The van der Waals surface area contributed by atoms with Crippen LogP contribution in [0.5, 0.6) is 0 Å². The molecule has 0 saturated carbocycles. The van der Waals surface area contributed by atoms with Gasteiger partial charge in [-0.3, -0.25) is 0 Å². The van der Waals surface area contributed by atoms with Crippen molar-refractivity contribution in [2.75, 3.05) is 6.54 Å². The summed E-state index contributed by atoms with van der Waals surface area (Å²) in [6.45, 7) is 5.37. The molecule has 0 aliphatic heterocycles. The summed E-state index contributed by atoms with van der Waals surface area (Å²) in [6, 6.07) is 8.58. The molecule has 2 rings (SSSR count). The summed E-state index contributed by atoms with van der Waals surface area (Å²) >= 11 is 3.47. The number of hydrogen-bond donors (Lipinski definition) is 1. The molecule has 0 bridgehead atoms. The highest BCUT2D eigenvalue weighted by Crippen LogP contribution is 2.14. The Morgan fingerprint density at radius 1 is 1.33 bits per heavy atom. The average molecular weight is 352 g/mol. The highest BCUT2D eigenvalue weighted by molar-refractivity contribution is 9.10. The van der Waals surface area contributed by atoms with Crippen molar-refractivity contribution in [3.63, 3.8) is 0 Å². The molecule has 1 aromatic carbocycles. The van der Waals surface area contributed by atoms with Crippen LogP contribution in [-0.4, -0.2) is 22.7 Å². The SMILES string of the molecule is CCCNC(CC)Cc1nc(Cc2cccc(Br)c2)no1. The van der Waals surface area contributed by atoms with Crippen LogP contribution in [0.15, 0.2) is 33.3 Å². The third kappa shape index (κ3) is 5.25. The number of halogens is 1. The summed E-state index contributed by atoms with van der Waals surface area (Å²) in [5.74, 6) is 1.46. The monoisotopic (exact) mass is 351 g/mol. The summed E-state index contributed by atoms with van der Waals surface area (Å²) in [5.41, 5.74) is 1.17. The molecule has 5 heteroatoms. The topological polar surface area (TPSA) is 51.0 Å². The lowest BCUT2D eigenvalue weighted by Gasteiger charge is -2.13. The first-order valence-corrected chi connectivity index (χ1v) is 8.29. The van der Waals surface area contributed by atoms with Crippen LogP contribution in [-0.2, 0) is 12.8 Å². The second kappa shape index (κ2) is 8.29. The van der Waals surface area contributed by atoms with Crippen LogP contribution in [0.1, 0.15) is 44.0 Å². The summed E-state index contributed by atoms with van der Waals surface area (Å²) in [7, 11) is 0. The van der Waals surface area contributed by atoms with Gasteiger partial charge in [-0.2, -0.15) is 4.98 Å². The summed E-state index contributed by atoms with van der Waals surface area (Å²) in [4.78, 5) is 4.50. The van der Waals surface area contributed by atoms with Gasteiger partial charge < -0.3 is 9.84 Å². The molecule has 0 saturated heterocycles. The van der Waals surface area contributed by atoms with Gasteiger partial charge in [-0.25, -0.2) is 0 Å². The molecule has 1 aromatic heterocycles. The van der Waals surface area contributed by atoms with E-state index in [1.807, 2.05) is 12.1 Å². The highest BCUT2D eigenvalue weighted by atomic mass is 79.9. The van der Waals surface area contributed by atoms with Crippen molar-refractivity contribution in [2.45, 2.75) is 45.6 Å². The van der Waals surface area contributed by atoms with Gasteiger partial charge in [0.25, 0.3) is 0 Å². The first kappa shape index (κ1) is 16.2. The van der Waals surface area contributed by atoms with E-state index < -0.39 is 0 Å². The van der Waals surface area contributed by atoms with E-state index >= 15 is 0 Å². The van der Waals surface area contributed by atoms with Crippen LogP contribution in [0.4, 0.5) is 0 Å². The number of nitrogens with zero attached hydrogens (tertiary/aromatic N) is 2. The van der Waals surface area contributed by atoms with Crippen LogP contribution in [0.2, 0.25) is 0 Å². The Balaban J connectivity index is 1.94. The lowest BCUT2D eigenvalue weighted by atomic mass is 10.1. The molecular weight excluding hydrogens is 330 g/mol. The predicted octanol–water partition coefficient (Wildman–Crippen LogP) is 3.74. The fraction of sp³-hybridized carbons (Fsp3) is 0.500. The molecule has 1 atom stereocenters. The zero-order valence-electron chi connectivity index (χ0n) is 12.6. The number of hydrogen-bond acceptors (Lipinski definition) is 4. The van der Waals surface area contributed by atoms with Crippen molar-refractivity contribution in [2.24, 2.45) is 0 Å². The van der Waals surface area contributed by atoms with E-state index in [1.165, 1.54) is 5.56 Å². The van der Waals surface area contributed by atoms with Gasteiger partial charge in [-0.15, -0.1) is 0 Å². The van der Waals surface area contributed by atoms with Crippen molar-refractivity contribution >= 4 is 15.9 Å². The van der Waals surface area contributed by atoms with Gasteiger partial charge in [0.2, 0.25) is 5.89 Å². The van der Waals surface area contributed by atoms with Crippen LogP contribution in [0.3, 0.4) is 0 Å². The minimum Gasteiger partial charge on any atom is -0.339 e. The Bertz CT molecular complexity index is 556. The van der Waals surface area contributed by atoms with Gasteiger partial charge >= 0.3 is 0 Å². The molecule has 0 aliphatic rings. The molecule has 21 heavy (non-hydrogen) atoms. The number of nitrogens with one attached hydrogen (secondary N) is 1. The molecule has 114 valence electrons. The van der Waals surface area contributed by atoms with Gasteiger partial charge in [0.05, 0.1) is 0 Å². The van der Waals surface area contributed by atoms with E-state index in [-0.39, 0.29) is 0 Å². The van der Waals surface area contributed by atoms with Crippen LogP contribution < -0.4 is 5.32 Å². The van der Waals surface area contributed by atoms with Crippen molar-refractivity contribution in [3.8, 4) is 0 Å². The summed E-state index contributed by atoms with van der Waals surface area (Å²) < 4.78 is 6.43. The molecule has 0 spiro atoms. The fourth-order valence-corrected chi connectivity index (χ4v) is 2.64. The summed E-state index contributed by atoms with van der Waals surface area (Å²) in [6.07, 6.45) is 3.68. The Kier molecular flexibility index (Phi) is 6.39.